The highest BCUT2D eigenvalue weighted by Crippen LogP contribution is 2.31. The normalized spacial score (nSPS) is 12.6. The molecule has 2 rings (SSSR count). The average Bonchev–Trinajstić information content (AvgIpc) is 2.91. The van der Waals surface area contributed by atoms with Crippen molar-refractivity contribution in [3.63, 3.8) is 0 Å². The van der Waals surface area contributed by atoms with Gasteiger partial charge in [0.05, 0.1) is 10.6 Å². The topological polar surface area (TPSA) is 68.4 Å². The molecular formula is C14H17ClN2O3. The lowest BCUT2D eigenvalue weighted by molar-refractivity contribution is 0.0478. The summed E-state index contributed by atoms with van der Waals surface area (Å²) in [7, 11) is 0. The smallest absolute Gasteiger partial charge is 0.259 e. The van der Waals surface area contributed by atoms with Crippen molar-refractivity contribution in [3.8, 4) is 17.2 Å². The molecule has 1 heterocycles. The maximum Gasteiger partial charge on any atom is 0.259 e. The molecule has 0 spiro atoms. The third-order valence-electron chi connectivity index (χ3n) is 2.83. The van der Waals surface area contributed by atoms with Crippen LogP contribution < -0.4 is 0 Å². The van der Waals surface area contributed by atoms with E-state index in [9.17, 15) is 5.11 Å². The fourth-order valence-electron chi connectivity index (χ4n) is 1.90. The van der Waals surface area contributed by atoms with Gasteiger partial charge < -0.3 is 14.4 Å². The van der Waals surface area contributed by atoms with Gasteiger partial charge in [0.25, 0.3) is 5.89 Å². The van der Waals surface area contributed by atoms with Gasteiger partial charge in [-0.1, -0.05) is 30.1 Å². The molecule has 0 radical (unpaired) electrons. The minimum absolute atomic E-state index is 0.0964. The van der Waals surface area contributed by atoms with Crippen molar-refractivity contribution < 1.29 is 14.4 Å². The Morgan fingerprint density at radius 1 is 1.40 bits per heavy atom. The van der Waals surface area contributed by atoms with Gasteiger partial charge in [0.1, 0.15) is 11.9 Å². The van der Waals surface area contributed by atoms with E-state index in [2.05, 4.69) is 17.1 Å². The molecular weight excluding hydrogens is 280 g/mol. The van der Waals surface area contributed by atoms with E-state index in [0.717, 1.165) is 12.8 Å². The second kappa shape index (κ2) is 6.72. The first kappa shape index (κ1) is 14.8. The lowest BCUT2D eigenvalue weighted by atomic mass is 10.2. The Bertz CT molecular complexity index is 565. The van der Waals surface area contributed by atoms with E-state index in [-0.39, 0.29) is 17.7 Å². The lowest BCUT2D eigenvalue weighted by Gasteiger charge is -2.11. The Labute approximate surface area is 122 Å². The van der Waals surface area contributed by atoms with Crippen LogP contribution in [0.15, 0.2) is 22.7 Å². The van der Waals surface area contributed by atoms with Crippen LogP contribution in [0.2, 0.25) is 5.02 Å². The number of ether oxygens (including phenoxy) is 1. The number of phenolic OH excluding ortho intramolecular Hbond substituents is 1. The van der Waals surface area contributed by atoms with E-state index in [0.29, 0.717) is 23.0 Å². The van der Waals surface area contributed by atoms with Gasteiger partial charge in [0, 0.05) is 6.61 Å². The molecule has 0 bridgehead atoms. The predicted molar refractivity (Wildman–Crippen MR) is 75.7 cm³/mol. The van der Waals surface area contributed by atoms with E-state index >= 15 is 0 Å². The highest BCUT2D eigenvalue weighted by atomic mass is 35.5. The molecule has 0 saturated carbocycles. The van der Waals surface area contributed by atoms with Gasteiger partial charge in [-0.25, -0.2) is 0 Å². The highest BCUT2D eigenvalue weighted by molar-refractivity contribution is 6.33. The molecule has 2 aromatic rings. The molecule has 1 N–H and O–H groups in total. The SMILES string of the molecule is CCCC(OCC)c1noc(-c2cc(O)ccc2Cl)n1. The summed E-state index contributed by atoms with van der Waals surface area (Å²) in [5.74, 6) is 0.879. The van der Waals surface area contributed by atoms with Crippen LogP contribution in [0.4, 0.5) is 0 Å². The number of benzene rings is 1. The van der Waals surface area contributed by atoms with Crippen LogP contribution >= 0.6 is 11.6 Å². The van der Waals surface area contributed by atoms with Gasteiger partial charge in [-0.05, 0) is 31.5 Å². The third kappa shape index (κ3) is 3.29. The van der Waals surface area contributed by atoms with Gasteiger partial charge >= 0.3 is 0 Å². The van der Waals surface area contributed by atoms with Crippen molar-refractivity contribution in [1.82, 2.24) is 10.1 Å². The van der Waals surface area contributed by atoms with E-state index < -0.39 is 0 Å². The molecule has 1 atom stereocenters. The molecule has 0 aliphatic heterocycles. The summed E-state index contributed by atoms with van der Waals surface area (Å²) >= 11 is 6.07. The molecule has 0 amide bonds. The summed E-state index contributed by atoms with van der Waals surface area (Å²) in [6, 6.07) is 4.58. The minimum atomic E-state index is -0.182. The van der Waals surface area contributed by atoms with Crippen LogP contribution in [0.5, 0.6) is 5.75 Å². The minimum Gasteiger partial charge on any atom is -0.508 e. The highest BCUT2D eigenvalue weighted by Gasteiger charge is 2.20. The van der Waals surface area contributed by atoms with Gasteiger partial charge in [-0.3, -0.25) is 0 Å². The molecule has 0 aliphatic rings. The van der Waals surface area contributed by atoms with Crippen molar-refractivity contribution >= 4 is 11.6 Å². The number of hydrogen-bond donors (Lipinski definition) is 1. The first-order valence-corrected chi connectivity index (χ1v) is 6.97. The summed E-state index contributed by atoms with van der Waals surface area (Å²) in [5.41, 5.74) is 0.511. The summed E-state index contributed by atoms with van der Waals surface area (Å²) in [5, 5.41) is 13.9. The van der Waals surface area contributed by atoms with E-state index in [1.165, 1.54) is 12.1 Å². The van der Waals surface area contributed by atoms with Crippen LogP contribution in [-0.2, 0) is 4.74 Å². The molecule has 108 valence electrons. The van der Waals surface area contributed by atoms with Crippen molar-refractivity contribution in [2.45, 2.75) is 32.8 Å². The number of halogens is 1. The molecule has 20 heavy (non-hydrogen) atoms. The molecule has 1 aromatic carbocycles. The van der Waals surface area contributed by atoms with Gasteiger partial charge in [-0.2, -0.15) is 4.98 Å². The fraction of sp³-hybridized carbons (Fsp3) is 0.429. The zero-order valence-electron chi connectivity index (χ0n) is 11.5. The van der Waals surface area contributed by atoms with Crippen LogP contribution in [0.3, 0.4) is 0 Å². The molecule has 5 nitrogen and oxygen atoms in total. The number of nitrogens with zero attached hydrogens (tertiary/aromatic N) is 2. The third-order valence-corrected chi connectivity index (χ3v) is 3.16. The predicted octanol–water partition coefficient (Wildman–Crippen LogP) is 3.97. The number of aromatic nitrogens is 2. The largest absolute Gasteiger partial charge is 0.508 e. The van der Waals surface area contributed by atoms with Crippen LogP contribution in [0.1, 0.15) is 38.6 Å². The Morgan fingerprint density at radius 2 is 2.20 bits per heavy atom. The number of rotatable bonds is 6. The van der Waals surface area contributed by atoms with Crippen molar-refractivity contribution in [3.05, 3.63) is 29.0 Å². The maximum absolute atomic E-state index is 9.51. The quantitative estimate of drug-likeness (QED) is 0.873. The summed E-state index contributed by atoms with van der Waals surface area (Å²) in [4.78, 5) is 4.32. The van der Waals surface area contributed by atoms with Crippen LogP contribution in [0, 0.1) is 0 Å². The van der Waals surface area contributed by atoms with E-state index in [4.69, 9.17) is 20.9 Å². The second-order valence-corrected chi connectivity index (χ2v) is 4.76. The van der Waals surface area contributed by atoms with Crippen LogP contribution in [0.25, 0.3) is 11.5 Å². The molecule has 1 aromatic heterocycles. The number of phenols is 1. The Hall–Kier alpha value is -1.59. The number of hydrogen-bond acceptors (Lipinski definition) is 5. The molecule has 6 heteroatoms. The molecule has 0 aliphatic carbocycles. The first-order valence-electron chi connectivity index (χ1n) is 6.59. The van der Waals surface area contributed by atoms with E-state index in [1.54, 1.807) is 6.07 Å². The fourth-order valence-corrected chi connectivity index (χ4v) is 2.10. The van der Waals surface area contributed by atoms with Crippen molar-refractivity contribution in [1.29, 1.82) is 0 Å². The molecule has 0 saturated heterocycles. The monoisotopic (exact) mass is 296 g/mol. The maximum atomic E-state index is 9.51. The van der Waals surface area contributed by atoms with Crippen LogP contribution in [-0.4, -0.2) is 21.9 Å². The average molecular weight is 297 g/mol. The lowest BCUT2D eigenvalue weighted by Crippen LogP contribution is -2.05. The zero-order valence-corrected chi connectivity index (χ0v) is 12.2. The standard InChI is InChI=1S/C14H17ClN2O3/c1-3-5-12(19-4-2)13-16-14(20-17-13)10-8-9(18)6-7-11(10)15/h6-8,12,18H,3-5H2,1-2H3. The Balaban J connectivity index is 2.29. The van der Waals surface area contributed by atoms with Gasteiger partial charge in [-0.15, -0.1) is 0 Å². The Morgan fingerprint density at radius 3 is 2.90 bits per heavy atom. The Kier molecular flexibility index (Phi) is 4.98. The summed E-state index contributed by atoms with van der Waals surface area (Å²) in [6.07, 6.45) is 1.60. The zero-order chi connectivity index (χ0) is 14.5. The second-order valence-electron chi connectivity index (χ2n) is 4.35. The van der Waals surface area contributed by atoms with Gasteiger partial charge in [0.2, 0.25) is 5.82 Å². The molecule has 0 fully saturated rings. The molecule has 1 unspecified atom stereocenters. The first-order chi connectivity index (χ1) is 9.65. The van der Waals surface area contributed by atoms with E-state index in [1.807, 2.05) is 6.92 Å². The summed E-state index contributed by atoms with van der Waals surface area (Å²) in [6.45, 7) is 4.58. The number of aromatic hydroxyl groups is 1. The van der Waals surface area contributed by atoms with Crippen molar-refractivity contribution in [2.24, 2.45) is 0 Å². The summed E-state index contributed by atoms with van der Waals surface area (Å²) < 4.78 is 10.8. The van der Waals surface area contributed by atoms with Gasteiger partial charge in [0.15, 0.2) is 0 Å². The van der Waals surface area contributed by atoms with Crippen molar-refractivity contribution in [2.75, 3.05) is 6.61 Å².